The standard InChI is InChI=1S/C19H24O4S2/c1-20-16-6-8-18(9-7-16)24-12-10-22-15-23-11-13-25-19-5-3-4-17(14-19)21-2/h3-9,14H,10-13,15H2,1-2H3. The van der Waals surface area contributed by atoms with Crippen LogP contribution in [0.5, 0.6) is 11.5 Å². The fourth-order valence-electron chi connectivity index (χ4n) is 1.98. The molecule has 0 amide bonds. The van der Waals surface area contributed by atoms with Crippen LogP contribution in [0.15, 0.2) is 58.3 Å². The smallest absolute Gasteiger partial charge is 0.146 e. The van der Waals surface area contributed by atoms with Crippen LogP contribution < -0.4 is 9.47 Å². The zero-order chi connectivity index (χ0) is 17.7. The molecule has 0 aromatic heterocycles. The van der Waals surface area contributed by atoms with Gasteiger partial charge in [-0.15, -0.1) is 23.5 Å². The molecule has 0 spiro atoms. The Hall–Kier alpha value is -1.34. The summed E-state index contributed by atoms with van der Waals surface area (Å²) in [5.74, 6) is 3.54. The molecule has 0 aliphatic heterocycles. The monoisotopic (exact) mass is 380 g/mol. The van der Waals surface area contributed by atoms with Gasteiger partial charge in [-0.1, -0.05) is 6.07 Å². The van der Waals surface area contributed by atoms with E-state index in [4.69, 9.17) is 18.9 Å². The SMILES string of the molecule is COc1ccc(SCCOCOCCSc2cccc(OC)c2)cc1. The van der Waals surface area contributed by atoms with Gasteiger partial charge in [-0.2, -0.15) is 0 Å². The molecular weight excluding hydrogens is 356 g/mol. The lowest BCUT2D eigenvalue weighted by Gasteiger charge is -2.07. The molecule has 0 unspecified atom stereocenters. The quantitative estimate of drug-likeness (QED) is 0.305. The molecule has 0 saturated heterocycles. The van der Waals surface area contributed by atoms with Gasteiger partial charge in [0.25, 0.3) is 0 Å². The first kappa shape index (κ1) is 20.0. The van der Waals surface area contributed by atoms with Gasteiger partial charge in [0, 0.05) is 21.3 Å². The van der Waals surface area contributed by atoms with Crippen LogP contribution in [0.2, 0.25) is 0 Å². The lowest BCUT2D eigenvalue weighted by molar-refractivity contribution is -0.0426. The Morgan fingerprint density at radius 3 is 2.00 bits per heavy atom. The van der Waals surface area contributed by atoms with Gasteiger partial charge in [-0.25, -0.2) is 0 Å². The molecular formula is C19H24O4S2. The Morgan fingerprint density at radius 2 is 1.36 bits per heavy atom. The molecule has 2 rings (SSSR count). The van der Waals surface area contributed by atoms with Gasteiger partial charge in [0.2, 0.25) is 0 Å². The van der Waals surface area contributed by atoms with Crippen LogP contribution in [0, 0.1) is 0 Å². The highest BCUT2D eigenvalue weighted by atomic mass is 32.2. The average molecular weight is 381 g/mol. The molecule has 25 heavy (non-hydrogen) atoms. The van der Waals surface area contributed by atoms with Crippen molar-refractivity contribution < 1.29 is 18.9 Å². The Morgan fingerprint density at radius 1 is 0.720 bits per heavy atom. The summed E-state index contributed by atoms with van der Waals surface area (Å²) in [6.45, 7) is 1.66. The highest BCUT2D eigenvalue weighted by molar-refractivity contribution is 7.99. The van der Waals surface area contributed by atoms with E-state index in [1.54, 1.807) is 37.7 Å². The van der Waals surface area contributed by atoms with Crippen molar-refractivity contribution >= 4 is 23.5 Å². The normalized spacial score (nSPS) is 10.6. The second-order valence-electron chi connectivity index (χ2n) is 4.99. The van der Waals surface area contributed by atoms with Gasteiger partial charge >= 0.3 is 0 Å². The number of ether oxygens (including phenoxy) is 4. The van der Waals surface area contributed by atoms with Gasteiger partial charge in [0.15, 0.2) is 0 Å². The highest BCUT2D eigenvalue weighted by Crippen LogP contribution is 2.22. The van der Waals surface area contributed by atoms with Crippen molar-refractivity contribution in [2.24, 2.45) is 0 Å². The maximum absolute atomic E-state index is 5.49. The van der Waals surface area contributed by atoms with E-state index < -0.39 is 0 Å². The van der Waals surface area contributed by atoms with E-state index in [0.29, 0.717) is 20.0 Å². The molecule has 0 aliphatic rings. The van der Waals surface area contributed by atoms with Crippen LogP contribution in [0.25, 0.3) is 0 Å². The summed E-state index contributed by atoms with van der Waals surface area (Å²) in [5, 5.41) is 0. The van der Waals surface area contributed by atoms with Crippen LogP contribution >= 0.6 is 23.5 Å². The number of thioether (sulfide) groups is 2. The predicted octanol–water partition coefficient (Wildman–Crippen LogP) is 4.58. The Balaban J connectivity index is 1.46. The molecule has 2 aromatic carbocycles. The van der Waals surface area contributed by atoms with Gasteiger partial charge in [-0.05, 0) is 42.5 Å². The first-order valence-electron chi connectivity index (χ1n) is 8.01. The Bertz CT molecular complexity index is 605. The van der Waals surface area contributed by atoms with E-state index in [0.717, 1.165) is 23.0 Å². The van der Waals surface area contributed by atoms with Gasteiger partial charge in [-0.3, -0.25) is 0 Å². The average Bonchev–Trinajstić information content (AvgIpc) is 2.67. The first-order valence-corrected chi connectivity index (χ1v) is 9.98. The zero-order valence-corrected chi connectivity index (χ0v) is 16.2. The first-order chi connectivity index (χ1) is 12.3. The molecule has 136 valence electrons. The molecule has 2 aromatic rings. The third-order valence-corrected chi connectivity index (χ3v) is 5.19. The molecule has 0 atom stereocenters. The van der Waals surface area contributed by atoms with Crippen molar-refractivity contribution in [3.05, 3.63) is 48.5 Å². The van der Waals surface area contributed by atoms with E-state index in [-0.39, 0.29) is 0 Å². The van der Waals surface area contributed by atoms with Gasteiger partial charge in [0.05, 0.1) is 27.4 Å². The minimum Gasteiger partial charge on any atom is -0.497 e. The van der Waals surface area contributed by atoms with E-state index in [1.165, 1.54) is 9.79 Å². The predicted molar refractivity (Wildman–Crippen MR) is 104 cm³/mol. The third-order valence-electron chi connectivity index (χ3n) is 3.26. The number of hydrogen-bond donors (Lipinski definition) is 0. The number of rotatable bonds is 12. The van der Waals surface area contributed by atoms with Crippen molar-refractivity contribution in [3.63, 3.8) is 0 Å². The molecule has 0 heterocycles. The van der Waals surface area contributed by atoms with Crippen molar-refractivity contribution in [2.45, 2.75) is 9.79 Å². The fourth-order valence-corrected chi connectivity index (χ4v) is 3.55. The largest absolute Gasteiger partial charge is 0.497 e. The van der Waals surface area contributed by atoms with Gasteiger partial charge in [0.1, 0.15) is 18.3 Å². The summed E-state index contributed by atoms with van der Waals surface area (Å²) in [4.78, 5) is 2.39. The summed E-state index contributed by atoms with van der Waals surface area (Å²) >= 11 is 3.50. The lowest BCUT2D eigenvalue weighted by atomic mass is 10.3. The molecule has 0 radical (unpaired) electrons. The summed E-state index contributed by atoms with van der Waals surface area (Å²) < 4.78 is 21.3. The summed E-state index contributed by atoms with van der Waals surface area (Å²) in [6, 6.07) is 16.1. The minimum atomic E-state index is 0.335. The second-order valence-corrected chi connectivity index (χ2v) is 7.32. The maximum atomic E-state index is 5.49. The van der Waals surface area contributed by atoms with Crippen LogP contribution in [0.3, 0.4) is 0 Å². The van der Waals surface area contributed by atoms with Crippen LogP contribution in [0.1, 0.15) is 0 Å². The van der Waals surface area contributed by atoms with Crippen LogP contribution in [0.4, 0.5) is 0 Å². The second kappa shape index (κ2) is 12.1. The molecule has 6 heteroatoms. The number of hydrogen-bond acceptors (Lipinski definition) is 6. The number of benzene rings is 2. The lowest BCUT2D eigenvalue weighted by Crippen LogP contribution is -2.05. The highest BCUT2D eigenvalue weighted by Gasteiger charge is 1.98. The summed E-state index contributed by atoms with van der Waals surface area (Å²) in [7, 11) is 3.35. The van der Waals surface area contributed by atoms with Crippen LogP contribution in [-0.2, 0) is 9.47 Å². The minimum absolute atomic E-state index is 0.335. The van der Waals surface area contributed by atoms with Crippen molar-refractivity contribution in [1.82, 2.24) is 0 Å². The molecule has 0 aliphatic carbocycles. The van der Waals surface area contributed by atoms with Gasteiger partial charge < -0.3 is 18.9 Å². The van der Waals surface area contributed by atoms with E-state index in [2.05, 4.69) is 18.2 Å². The van der Waals surface area contributed by atoms with Crippen LogP contribution in [-0.4, -0.2) is 45.7 Å². The number of methoxy groups -OCH3 is 2. The molecule has 0 bridgehead atoms. The third kappa shape index (κ3) is 8.05. The fraction of sp³-hybridized carbons (Fsp3) is 0.368. The Kier molecular flexibility index (Phi) is 9.66. The topological polar surface area (TPSA) is 36.9 Å². The Labute approximate surface area is 158 Å². The van der Waals surface area contributed by atoms with E-state index in [9.17, 15) is 0 Å². The zero-order valence-electron chi connectivity index (χ0n) is 14.6. The summed E-state index contributed by atoms with van der Waals surface area (Å²) in [6.07, 6.45) is 0. The van der Waals surface area contributed by atoms with Crippen molar-refractivity contribution in [2.75, 3.05) is 45.7 Å². The molecule has 0 N–H and O–H groups in total. The van der Waals surface area contributed by atoms with E-state index in [1.807, 2.05) is 30.3 Å². The molecule has 0 fully saturated rings. The summed E-state index contributed by atoms with van der Waals surface area (Å²) in [5.41, 5.74) is 0. The van der Waals surface area contributed by atoms with Crippen molar-refractivity contribution in [3.8, 4) is 11.5 Å². The van der Waals surface area contributed by atoms with Crippen molar-refractivity contribution in [1.29, 1.82) is 0 Å². The molecule has 0 saturated carbocycles. The molecule has 4 nitrogen and oxygen atoms in total. The maximum Gasteiger partial charge on any atom is 0.146 e. The van der Waals surface area contributed by atoms with E-state index >= 15 is 0 Å².